The van der Waals surface area contributed by atoms with Gasteiger partial charge in [0.1, 0.15) is 11.6 Å². The Morgan fingerprint density at radius 2 is 1.82 bits per heavy atom. The van der Waals surface area contributed by atoms with Crippen LogP contribution in [0.4, 0.5) is 11.6 Å². The fraction of sp³-hybridized carbons (Fsp3) is 0.182. The largest absolute Gasteiger partial charge is 0.497 e. The minimum absolute atomic E-state index is 0.175. The number of hydrogen-bond acceptors (Lipinski definition) is 5. The molecule has 0 spiro atoms. The number of hydrogen-bond donors (Lipinski definition) is 1. The van der Waals surface area contributed by atoms with Crippen LogP contribution in [0.2, 0.25) is 5.28 Å². The third-order valence-corrected chi connectivity index (χ3v) is 2.24. The first-order valence-corrected chi connectivity index (χ1v) is 5.34. The lowest BCUT2D eigenvalue weighted by Gasteiger charge is -2.06. The van der Waals surface area contributed by atoms with Gasteiger partial charge in [-0.1, -0.05) is 0 Å². The number of rotatable bonds is 3. The zero-order chi connectivity index (χ0) is 12.3. The van der Waals surface area contributed by atoms with Crippen molar-refractivity contribution in [1.82, 2.24) is 15.0 Å². The zero-order valence-electron chi connectivity index (χ0n) is 9.44. The quantitative estimate of drug-likeness (QED) is 0.907. The van der Waals surface area contributed by atoms with Gasteiger partial charge >= 0.3 is 0 Å². The van der Waals surface area contributed by atoms with E-state index in [1.165, 1.54) is 0 Å². The van der Waals surface area contributed by atoms with Crippen molar-refractivity contribution in [3.8, 4) is 5.75 Å². The van der Waals surface area contributed by atoms with E-state index in [2.05, 4.69) is 20.3 Å². The van der Waals surface area contributed by atoms with Crippen LogP contribution in [0.3, 0.4) is 0 Å². The van der Waals surface area contributed by atoms with Gasteiger partial charge in [-0.2, -0.15) is 9.97 Å². The molecule has 2 rings (SSSR count). The van der Waals surface area contributed by atoms with E-state index in [0.29, 0.717) is 11.8 Å². The molecular weight excluding hydrogens is 240 g/mol. The lowest BCUT2D eigenvalue weighted by atomic mass is 10.3. The third-order valence-electron chi connectivity index (χ3n) is 2.07. The first-order valence-electron chi connectivity index (χ1n) is 4.96. The van der Waals surface area contributed by atoms with E-state index in [1.54, 1.807) is 14.0 Å². The molecule has 1 heterocycles. The van der Waals surface area contributed by atoms with E-state index in [1.807, 2.05) is 24.3 Å². The van der Waals surface area contributed by atoms with Gasteiger partial charge in [0.2, 0.25) is 11.2 Å². The summed E-state index contributed by atoms with van der Waals surface area (Å²) in [6.07, 6.45) is 0. The number of aryl methyl sites for hydroxylation is 1. The van der Waals surface area contributed by atoms with Crippen molar-refractivity contribution in [2.75, 3.05) is 12.4 Å². The Labute approximate surface area is 104 Å². The second-order valence-electron chi connectivity index (χ2n) is 3.33. The highest BCUT2D eigenvalue weighted by Gasteiger charge is 2.02. The van der Waals surface area contributed by atoms with Crippen LogP contribution in [0.5, 0.6) is 5.75 Å². The maximum Gasteiger partial charge on any atom is 0.231 e. The Bertz CT molecular complexity index is 495. The SMILES string of the molecule is COc1ccc(Nc2nc(C)nc(Cl)n2)cc1. The normalized spacial score (nSPS) is 10.1. The molecule has 0 radical (unpaired) electrons. The summed E-state index contributed by atoms with van der Waals surface area (Å²) in [6.45, 7) is 1.76. The van der Waals surface area contributed by atoms with E-state index in [-0.39, 0.29) is 5.28 Å². The lowest BCUT2D eigenvalue weighted by molar-refractivity contribution is 0.415. The highest BCUT2D eigenvalue weighted by Crippen LogP contribution is 2.18. The van der Waals surface area contributed by atoms with Crippen molar-refractivity contribution in [2.45, 2.75) is 6.92 Å². The topological polar surface area (TPSA) is 59.9 Å². The summed E-state index contributed by atoms with van der Waals surface area (Å²) in [4.78, 5) is 12.0. The minimum Gasteiger partial charge on any atom is -0.497 e. The number of ether oxygens (including phenoxy) is 1. The molecule has 0 atom stereocenters. The maximum absolute atomic E-state index is 5.74. The molecule has 1 aromatic carbocycles. The number of methoxy groups -OCH3 is 1. The standard InChI is InChI=1S/C11H11ClN4O/c1-7-13-10(12)16-11(14-7)15-8-3-5-9(17-2)6-4-8/h3-6H,1-2H3,(H,13,14,15,16). The first-order chi connectivity index (χ1) is 8.17. The molecule has 5 nitrogen and oxygen atoms in total. The van der Waals surface area contributed by atoms with Crippen LogP contribution < -0.4 is 10.1 Å². The molecule has 1 N–H and O–H groups in total. The Hall–Kier alpha value is -1.88. The van der Waals surface area contributed by atoms with Gasteiger partial charge in [-0.15, -0.1) is 0 Å². The van der Waals surface area contributed by atoms with Crippen molar-refractivity contribution in [2.24, 2.45) is 0 Å². The van der Waals surface area contributed by atoms with Crippen LogP contribution in [0, 0.1) is 6.92 Å². The number of nitrogens with zero attached hydrogens (tertiary/aromatic N) is 3. The highest BCUT2D eigenvalue weighted by molar-refractivity contribution is 6.28. The van der Waals surface area contributed by atoms with E-state index in [9.17, 15) is 0 Å². The van der Waals surface area contributed by atoms with Crippen molar-refractivity contribution >= 4 is 23.2 Å². The molecule has 0 aliphatic carbocycles. The molecule has 17 heavy (non-hydrogen) atoms. The van der Waals surface area contributed by atoms with Crippen LogP contribution in [0.25, 0.3) is 0 Å². The molecule has 6 heteroatoms. The molecule has 0 aliphatic rings. The molecule has 0 unspecified atom stereocenters. The molecular formula is C11H11ClN4O. The summed E-state index contributed by atoms with van der Waals surface area (Å²) < 4.78 is 5.07. The highest BCUT2D eigenvalue weighted by atomic mass is 35.5. The predicted molar refractivity (Wildman–Crippen MR) is 65.9 cm³/mol. The zero-order valence-corrected chi connectivity index (χ0v) is 10.2. The lowest BCUT2D eigenvalue weighted by Crippen LogP contribution is -2.00. The average Bonchev–Trinajstić information content (AvgIpc) is 2.28. The van der Waals surface area contributed by atoms with Crippen molar-refractivity contribution in [1.29, 1.82) is 0 Å². The van der Waals surface area contributed by atoms with Gasteiger partial charge in [0.25, 0.3) is 0 Å². The molecule has 1 aromatic heterocycles. The Kier molecular flexibility index (Phi) is 3.39. The smallest absolute Gasteiger partial charge is 0.231 e. The second kappa shape index (κ2) is 4.97. The van der Waals surface area contributed by atoms with Crippen molar-refractivity contribution in [3.63, 3.8) is 0 Å². The molecule has 2 aromatic rings. The molecule has 0 bridgehead atoms. The van der Waals surface area contributed by atoms with Crippen LogP contribution in [-0.2, 0) is 0 Å². The molecule has 0 saturated carbocycles. The van der Waals surface area contributed by atoms with Crippen molar-refractivity contribution < 1.29 is 4.74 Å². The summed E-state index contributed by atoms with van der Waals surface area (Å²) >= 11 is 5.74. The van der Waals surface area contributed by atoms with Gasteiger partial charge in [0.15, 0.2) is 0 Å². The summed E-state index contributed by atoms with van der Waals surface area (Å²) in [7, 11) is 1.62. The number of nitrogens with one attached hydrogen (secondary N) is 1. The summed E-state index contributed by atoms with van der Waals surface area (Å²) in [5.74, 6) is 1.79. The van der Waals surface area contributed by atoms with Gasteiger partial charge in [0, 0.05) is 5.69 Å². The Morgan fingerprint density at radius 3 is 2.41 bits per heavy atom. The van der Waals surface area contributed by atoms with Gasteiger partial charge < -0.3 is 10.1 Å². The van der Waals surface area contributed by atoms with Crippen LogP contribution in [0.1, 0.15) is 5.82 Å². The fourth-order valence-electron chi connectivity index (χ4n) is 1.31. The van der Waals surface area contributed by atoms with Crippen LogP contribution >= 0.6 is 11.6 Å². The van der Waals surface area contributed by atoms with Crippen LogP contribution in [0.15, 0.2) is 24.3 Å². The molecule has 0 aliphatic heterocycles. The van der Waals surface area contributed by atoms with E-state index in [0.717, 1.165) is 11.4 Å². The molecule has 88 valence electrons. The molecule has 0 saturated heterocycles. The average molecular weight is 251 g/mol. The number of halogens is 1. The number of anilines is 2. The minimum atomic E-state index is 0.175. The second-order valence-corrected chi connectivity index (χ2v) is 3.67. The summed E-state index contributed by atoms with van der Waals surface area (Å²) in [5, 5.41) is 3.21. The predicted octanol–water partition coefficient (Wildman–Crippen LogP) is 2.59. The molecule has 0 fully saturated rings. The number of aromatic nitrogens is 3. The Morgan fingerprint density at radius 1 is 1.12 bits per heavy atom. The van der Waals surface area contributed by atoms with Gasteiger partial charge in [0.05, 0.1) is 7.11 Å². The van der Waals surface area contributed by atoms with E-state index in [4.69, 9.17) is 16.3 Å². The monoisotopic (exact) mass is 250 g/mol. The third kappa shape index (κ3) is 3.04. The molecule has 0 amide bonds. The van der Waals surface area contributed by atoms with E-state index >= 15 is 0 Å². The van der Waals surface area contributed by atoms with Gasteiger partial charge in [-0.05, 0) is 42.8 Å². The first kappa shape index (κ1) is 11.6. The van der Waals surface area contributed by atoms with Crippen molar-refractivity contribution in [3.05, 3.63) is 35.4 Å². The Balaban J connectivity index is 2.19. The van der Waals surface area contributed by atoms with Crippen LogP contribution in [-0.4, -0.2) is 22.1 Å². The van der Waals surface area contributed by atoms with Gasteiger partial charge in [-0.3, -0.25) is 0 Å². The van der Waals surface area contributed by atoms with Gasteiger partial charge in [-0.25, -0.2) is 4.98 Å². The number of benzene rings is 1. The van der Waals surface area contributed by atoms with E-state index < -0.39 is 0 Å². The summed E-state index contributed by atoms with van der Waals surface area (Å²) in [5.41, 5.74) is 0.854. The fourth-order valence-corrected chi connectivity index (χ4v) is 1.51. The maximum atomic E-state index is 5.74. The summed E-state index contributed by atoms with van der Waals surface area (Å²) in [6, 6.07) is 7.42.